The van der Waals surface area contributed by atoms with E-state index in [0.29, 0.717) is 34.9 Å². The monoisotopic (exact) mass is 581 g/mol. The summed E-state index contributed by atoms with van der Waals surface area (Å²) in [6.45, 7) is 0.634. The van der Waals surface area contributed by atoms with Gasteiger partial charge < -0.3 is 15.6 Å². The van der Waals surface area contributed by atoms with E-state index in [2.05, 4.69) is 30.7 Å². The smallest absolute Gasteiger partial charge is 0.291 e. The second-order valence-corrected chi connectivity index (χ2v) is 11.1. The number of hydrogen-bond acceptors (Lipinski definition) is 5. The van der Waals surface area contributed by atoms with E-state index in [0.717, 1.165) is 12.8 Å². The van der Waals surface area contributed by atoms with Crippen LogP contribution in [0.4, 0.5) is 22.0 Å². The maximum atomic E-state index is 13.9. The van der Waals surface area contributed by atoms with Crippen molar-refractivity contribution in [2.45, 2.75) is 82.3 Å². The van der Waals surface area contributed by atoms with Gasteiger partial charge in [-0.05, 0) is 62.1 Å². The maximum Gasteiger partial charge on any atom is 0.291 e. The molecular formula is C27H32F5N7O2. The summed E-state index contributed by atoms with van der Waals surface area (Å²) in [6, 6.07) is 3.47. The van der Waals surface area contributed by atoms with E-state index in [1.165, 1.54) is 6.33 Å². The first kappa shape index (κ1) is 28.9. The molecule has 2 heterocycles. The van der Waals surface area contributed by atoms with E-state index in [1.54, 1.807) is 29.8 Å². The molecule has 2 unspecified atom stereocenters. The van der Waals surface area contributed by atoms with Gasteiger partial charge in [0.1, 0.15) is 18.8 Å². The maximum absolute atomic E-state index is 13.9. The van der Waals surface area contributed by atoms with Gasteiger partial charge in [0.2, 0.25) is 17.9 Å². The van der Waals surface area contributed by atoms with Crippen molar-refractivity contribution in [2.75, 3.05) is 6.67 Å². The van der Waals surface area contributed by atoms with Crippen LogP contribution in [0.3, 0.4) is 0 Å². The summed E-state index contributed by atoms with van der Waals surface area (Å²) in [4.78, 5) is 37.0. The van der Waals surface area contributed by atoms with Gasteiger partial charge in [0.05, 0.1) is 23.1 Å². The molecule has 2 aliphatic carbocycles. The fourth-order valence-electron chi connectivity index (χ4n) is 5.15. The fraction of sp³-hybridized carbons (Fsp3) is 0.593. The largest absolute Gasteiger partial charge is 0.347 e. The fourth-order valence-corrected chi connectivity index (χ4v) is 5.15. The van der Waals surface area contributed by atoms with Crippen molar-refractivity contribution in [3.05, 3.63) is 41.7 Å². The van der Waals surface area contributed by atoms with Crippen LogP contribution < -0.4 is 10.6 Å². The standard InChI is InChI=1S/C27H32F5N7O2/c1-14(34-25(40)21(30)18(29)11-28)17-4-5-19-20(10-17)36-23(35-19)22(16-6-8-27(31,32)9-7-16)37-26(41)24-33-13-39(38-24)12-15-2-3-15/h4-5,10,13-16,18,21-22H,2-3,6-9,11-12H2,1H3,(H,34,40)(H,35,36)(H,37,41)/t14-,18?,21?,22+/m1/s1. The molecule has 9 nitrogen and oxygen atoms in total. The van der Waals surface area contributed by atoms with Crippen LogP contribution in [0.1, 0.15) is 79.5 Å². The number of imidazole rings is 1. The summed E-state index contributed by atoms with van der Waals surface area (Å²) in [6.07, 6.45) is -1.72. The highest BCUT2D eigenvalue weighted by Gasteiger charge is 2.40. The zero-order valence-corrected chi connectivity index (χ0v) is 22.4. The van der Waals surface area contributed by atoms with Crippen molar-refractivity contribution in [1.82, 2.24) is 35.4 Å². The molecule has 14 heteroatoms. The summed E-state index contributed by atoms with van der Waals surface area (Å²) < 4.78 is 69.0. The highest BCUT2D eigenvalue weighted by molar-refractivity contribution is 5.90. The minimum absolute atomic E-state index is 0.0193. The van der Waals surface area contributed by atoms with E-state index < -0.39 is 48.8 Å². The van der Waals surface area contributed by atoms with Crippen molar-refractivity contribution in [3.8, 4) is 0 Å². The lowest BCUT2D eigenvalue weighted by atomic mass is 9.81. The van der Waals surface area contributed by atoms with Crippen molar-refractivity contribution >= 4 is 22.8 Å². The number of hydrogen-bond donors (Lipinski definition) is 3. The third-order valence-corrected chi connectivity index (χ3v) is 7.79. The molecule has 0 spiro atoms. The van der Waals surface area contributed by atoms with Gasteiger partial charge in [-0.2, -0.15) is 0 Å². The van der Waals surface area contributed by atoms with Gasteiger partial charge >= 0.3 is 0 Å². The number of carbonyl (C=O) groups excluding carboxylic acids is 2. The quantitative estimate of drug-likeness (QED) is 0.284. The highest BCUT2D eigenvalue weighted by atomic mass is 19.3. The number of halogens is 5. The van der Waals surface area contributed by atoms with Crippen LogP contribution in [0.2, 0.25) is 0 Å². The van der Waals surface area contributed by atoms with Crippen molar-refractivity contribution in [3.63, 3.8) is 0 Å². The second-order valence-electron chi connectivity index (χ2n) is 11.1. The summed E-state index contributed by atoms with van der Waals surface area (Å²) in [7, 11) is 0. The Hall–Kier alpha value is -3.58. The number of carbonyl (C=O) groups is 2. The zero-order chi connectivity index (χ0) is 29.3. The number of benzene rings is 1. The molecule has 2 aromatic heterocycles. The molecular weight excluding hydrogens is 549 g/mol. The Morgan fingerprint density at radius 3 is 2.56 bits per heavy atom. The predicted octanol–water partition coefficient (Wildman–Crippen LogP) is 4.68. The molecule has 0 radical (unpaired) electrons. The van der Waals surface area contributed by atoms with Crippen molar-refractivity contribution < 1.29 is 31.5 Å². The van der Waals surface area contributed by atoms with Crippen LogP contribution in [-0.2, 0) is 11.3 Å². The third kappa shape index (κ3) is 6.84. The Kier molecular flexibility index (Phi) is 8.28. The van der Waals surface area contributed by atoms with Crippen molar-refractivity contribution in [2.24, 2.45) is 11.8 Å². The lowest BCUT2D eigenvalue weighted by molar-refractivity contribution is -0.129. The van der Waals surface area contributed by atoms with E-state index >= 15 is 0 Å². The average molecular weight is 582 g/mol. The van der Waals surface area contributed by atoms with Crippen LogP contribution >= 0.6 is 0 Å². The Balaban J connectivity index is 1.35. The van der Waals surface area contributed by atoms with Gasteiger partial charge in [-0.3, -0.25) is 14.3 Å². The number of H-pyrrole nitrogens is 1. The summed E-state index contributed by atoms with van der Waals surface area (Å²) in [5.41, 5.74) is 1.57. The van der Waals surface area contributed by atoms with Gasteiger partial charge in [-0.25, -0.2) is 31.9 Å². The first-order valence-corrected chi connectivity index (χ1v) is 13.7. The van der Waals surface area contributed by atoms with E-state index in [-0.39, 0.29) is 37.4 Å². The van der Waals surface area contributed by atoms with Crippen LogP contribution in [0.25, 0.3) is 11.0 Å². The van der Waals surface area contributed by atoms with Crippen LogP contribution in [-0.4, -0.2) is 61.5 Å². The van der Waals surface area contributed by atoms with Gasteiger partial charge in [0.25, 0.3) is 11.8 Å². The topological polar surface area (TPSA) is 118 Å². The average Bonchev–Trinajstić information content (AvgIpc) is 3.46. The zero-order valence-electron chi connectivity index (χ0n) is 22.4. The molecule has 2 saturated carbocycles. The van der Waals surface area contributed by atoms with Crippen LogP contribution in [0.5, 0.6) is 0 Å². The number of aromatic nitrogens is 5. The van der Waals surface area contributed by atoms with Gasteiger partial charge in [-0.1, -0.05) is 6.07 Å². The Morgan fingerprint density at radius 1 is 1.15 bits per heavy atom. The number of rotatable bonds is 11. The molecule has 2 aliphatic rings. The predicted molar refractivity (Wildman–Crippen MR) is 138 cm³/mol. The molecule has 1 aromatic carbocycles. The van der Waals surface area contributed by atoms with Crippen molar-refractivity contribution in [1.29, 1.82) is 0 Å². The van der Waals surface area contributed by atoms with E-state index in [9.17, 15) is 31.5 Å². The van der Waals surface area contributed by atoms with Crippen LogP contribution in [0, 0.1) is 11.8 Å². The molecule has 0 aliphatic heterocycles. The molecule has 5 rings (SSSR count). The lowest BCUT2D eigenvalue weighted by Gasteiger charge is -2.33. The van der Waals surface area contributed by atoms with Gasteiger partial charge in [-0.15, -0.1) is 5.10 Å². The Bertz CT molecular complexity index is 1380. The van der Waals surface area contributed by atoms with Gasteiger partial charge in [0.15, 0.2) is 6.17 Å². The number of fused-ring (bicyclic) bond motifs is 1. The third-order valence-electron chi connectivity index (χ3n) is 7.79. The first-order valence-electron chi connectivity index (χ1n) is 13.7. The Labute approximate surface area is 232 Å². The summed E-state index contributed by atoms with van der Waals surface area (Å²) in [5.74, 6) is -4.01. The number of aromatic amines is 1. The normalized spacial score (nSPS) is 20.3. The minimum atomic E-state index is -2.76. The number of amides is 2. The first-order chi connectivity index (χ1) is 19.5. The molecule has 222 valence electrons. The SMILES string of the molecule is C[C@@H](NC(=O)C(F)C(F)CF)c1ccc2nc([C@@H](NC(=O)c3ncn(CC4CC4)n3)C3CCC(F)(F)CC3)[nH]c2c1. The molecule has 0 bridgehead atoms. The van der Waals surface area contributed by atoms with E-state index in [1.807, 2.05) is 0 Å². The Morgan fingerprint density at radius 2 is 1.88 bits per heavy atom. The van der Waals surface area contributed by atoms with Crippen LogP contribution in [0.15, 0.2) is 24.5 Å². The molecule has 41 heavy (non-hydrogen) atoms. The highest BCUT2D eigenvalue weighted by Crippen LogP contribution is 2.41. The molecule has 0 saturated heterocycles. The molecule has 2 fully saturated rings. The second kappa shape index (κ2) is 11.7. The van der Waals surface area contributed by atoms with E-state index in [4.69, 9.17) is 0 Å². The molecule has 3 N–H and O–H groups in total. The lowest BCUT2D eigenvalue weighted by Crippen LogP contribution is -2.39. The number of alkyl halides is 5. The number of nitrogens with one attached hydrogen (secondary N) is 3. The minimum Gasteiger partial charge on any atom is -0.347 e. The molecule has 3 aromatic rings. The van der Waals surface area contributed by atoms with Gasteiger partial charge in [0, 0.05) is 19.4 Å². The summed E-state index contributed by atoms with van der Waals surface area (Å²) >= 11 is 0. The number of nitrogens with zero attached hydrogens (tertiary/aromatic N) is 4. The summed E-state index contributed by atoms with van der Waals surface area (Å²) in [5, 5.41) is 9.50. The molecule has 2 amide bonds. The molecule has 4 atom stereocenters.